The van der Waals surface area contributed by atoms with Gasteiger partial charge in [0, 0.05) is 13.7 Å². The summed E-state index contributed by atoms with van der Waals surface area (Å²) in [5.74, 6) is -0.924. The lowest BCUT2D eigenvalue weighted by atomic mass is 10.1. The molecular weight excluding hydrogens is 406 g/mol. The molecule has 2 aromatic carbocycles. The van der Waals surface area contributed by atoms with Gasteiger partial charge in [-0.25, -0.2) is 8.42 Å². The van der Waals surface area contributed by atoms with Gasteiger partial charge < -0.3 is 15.4 Å². The van der Waals surface area contributed by atoms with Crippen LogP contribution in [-0.2, 0) is 19.6 Å². The summed E-state index contributed by atoms with van der Waals surface area (Å²) in [5, 5.41) is 5.38. The van der Waals surface area contributed by atoms with Crippen molar-refractivity contribution in [3.63, 3.8) is 0 Å². The summed E-state index contributed by atoms with van der Waals surface area (Å²) in [7, 11) is -2.20. The Bertz CT molecular complexity index is 990. The molecular formula is C21H27N3O5S. The highest BCUT2D eigenvalue weighted by Gasteiger charge is 2.29. The van der Waals surface area contributed by atoms with Crippen molar-refractivity contribution >= 4 is 33.2 Å². The van der Waals surface area contributed by atoms with Crippen molar-refractivity contribution in [2.75, 3.05) is 36.1 Å². The smallest absolute Gasteiger partial charge is 0.253 e. The predicted molar refractivity (Wildman–Crippen MR) is 117 cm³/mol. The fourth-order valence-corrected chi connectivity index (χ4v) is 4.06. The summed E-state index contributed by atoms with van der Waals surface area (Å²) in [6.45, 7) is 4.07. The Morgan fingerprint density at radius 3 is 2.33 bits per heavy atom. The summed E-state index contributed by atoms with van der Waals surface area (Å²) >= 11 is 0. The quantitative estimate of drug-likeness (QED) is 0.590. The molecule has 0 spiro atoms. The maximum Gasteiger partial charge on any atom is 0.253 e. The van der Waals surface area contributed by atoms with E-state index in [0.29, 0.717) is 24.5 Å². The second kappa shape index (κ2) is 10.2. The third-order valence-electron chi connectivity index (χ3n) is 4.40. The number of methoxy groups -OCH3 is 1. The van der Waals surface area contributed by atoms with Crippen molar-refractivity contribution in [2.45, 2.75) is 19.9 Å². The zero-order chi connectivity index (χ0) is 22.3. The van der Waals surface area contributed by atoms with E-state index in [1.54, 1.807) is 48.5 Å². The number of carbonyl (C=O) groups is 2. The molecule has 0 fully saturated rings. The fourth-order valence-electron chi connectivity index (χ4n) is 2.89. The molecule has 0 saturated heterocycles. The molecule has 0 saturated carbocycles. The number of para-hydroxylation sites is 1. The van der Waals surface area contributed by atoms with E-state index in [1.165, 1.54) is 14.0 Å². The molecule has 30 heavy (non-hydrogen) atoms. The van der Waals surface area contributed by atoms with E-state index in [2.05, 4.69) is 10.6 Å². The lowest BCUT2D eigenvalue weighted by molar-refractivity contribution is -0.116. The molecule has 2 N–H and O–H groups in total. The number of carbonyl (C=O) groups excluding carboxylic acids is 2. The molecule has 2 amide bonds. The van der Waals surface area contributed by atoms with E-state index in [0.717, 1.165) is 16.1 Å². The molecule has 0 heterocycles. The van der Waals surface area contributed by atoms with Crippen LogP contribution < -0.4 is 14.9 Å². The highest BCUT2D eigenvalue weighted by Crippen LogP contribution is 2.23. The standard InChI is InChI=1S/C21H27N3O5S/c1-15-9-11-17(12-10-15)24(30(4,27)28)16(2)20(25)23-19-8-6-5-7-18(19)21(26)22-13-14-29-3/h5-12,16H,13-14H2,1-4H3,(H,22,26)(H,23,25)/t16-/m0/s1. The van der Waals surface area contributed by atoms with Gasteiger partial charge in [-0.15, -0.1) is 0 Å². The molecule has 0 radical (unpaired) electrons. The molecule has 162 valence electrons. The van der Waals surface area contributed by atoms with E-state index in [1.807, 2.05) is 6.92 Å². The van der Waals surface area contributed by atoms with Gasteiger partial charge in [0.15, 0.2) is 0 Å². The van der Waals surface area contributed by atoms with Gasteiger partial charge in [-0.1, -0.05) is 29.8 Å². The Morgan fingerprint density at radius 1 is 1.10 bits per heavy atom. The molecule has 2 rings (SSSR count). The molecule has 8 nitrogen and oxygen atoms in total. The number of nitrogens with zero attached hydrogens (tertiary/aromatic N) is 1. The van der Waals surface area contributed by atoms with Crippen LogP contribution in [0.25, 0.3) is 0 Å². The topological polar surface area (TPSA) is 105 Å². The minimum absolute atomic E-state index is 0.274. The van der Waals surface area contributed by atoms with E-state index < -0.39 is 22.0 Å². The van der Waals surface area contributed by atoms with Gasteiger partial charge in [-0.2, -0.15) is 0 Å². The molecule has 0 aliphatic heterocycles. The molecule has 0 aliphatic carbocycles. The van der Waals surface area contributed by atoms with Crippen molar-refractivity contribution in [1.82, 2.24) is 5.32 Å². The van der Waals surface area contributed by atoms with E-state index in [9.17, 15) is 18.0 Å². The Balaban J connectivity index is 2.25. The fraction of sp³-hybridized carbons (Fsp3) is 0.333. The first kappa shape index (κ1) is 23.4. The minimum atomic E-state index is -3.73. The normalized spacial score (nSPS) is 12.1. The first-order valence-electron chi connectivity index (χ1n) is 9.38. The largest absolute Gasteiger partial charge is 0.383 e. The first-order chi connectivity index (χ1) is 14.1. The third-order valence-corrected chi connectivity index (χ3v) is 5.64. The van der Waals surface area contributed by atoms with Crippen molar-refractivity contribution in [3.8, 4) is 0 Å². The van der Waals surface area contributed by atoms with Crippen LogP contribution in [0.4, 0.5) is 11.4 Å². The van der Waals surface area contributed by atoms with Gasteiger partial charge in [-0.05, 0) is 38.1 Å². The lowest BCUT2D eigenvalue weighted by Crippen LogP contribution is -2.45. The molecule has 9 heteroatoms. The highest BCUT2D eigenvalue weighted by atomic mass is 32.2. The molecule has 0 bridgehead atoms. The number of hydrogen-bond donors (Lipinski definition) is 2. The molecule has 0 aliphatic rings. The molecule has 1 atom stereocenters. The second-order valence-electron chi connectivity index (χ2n) is 6.85. The number of ether oxygens (including phenoxy) is 1. The summed E-state index contributed by atoms with van der Waals surface area (Å²) < 4.78 is 30.8. The predicted octanol–water partition coefficient (Wildman–Crippen LogP) is 2.16. The maximum atomic E-state index is 12.9. The number of rotatable bonds is 9. The van der Waals surface area contributed by atoms with Gasteiger partial charge in [0.2, 0.25) is 15.9 Å². The van der Waals surface area contributed by atoms with Gasteiger partial charge in [0.25, 0.3) is 5.91 Å². The van der Waals surface area contributed by atoms with Crippen LogP contribution in [0.15, 0.2) is 48.5 Å². The van der Waals surface area contributed by atoms with Crippen LogP contribution in [0, 0.1) is 6.92 Å². The van der Waals surface area contributed by atoms with E-state index in [4.69, 9.17) is 4.74 Å². The number of amides is 2. The zero-order valence-corrected chi connectivity index (χ0v) is 18.3. The summed E-state index contributed by atoms with van der Waals surface area (Å²) in [6.07, 6.45) is 1.05. The summed E-state index contributed by atoms with van der Waals surface area (Å²) in [4.78, 5) is 25.3. The monoisotopic (exact) mass is 433 g/mol. The van der Waals surface area contributed by atoms with Crippen LogP contribution in [0.1, 0.15) is 22.8 Å². The molecule has 2 aromatic rings. The first-order valence-corrected chi connectivity index (χ1v) is 11.2. The summed E-state index contributed by atoms with van der Waals surface area (Å²) in [6, 6.07) is 12.3. The van der Waals surface area contributed by atoms with Crippen LogP contribution in [-0.4, -0.2) is 52.8 Å². The van der Waals surface area contributed by atoms with E-state index in [-0.39, 0.29) is 11.5 Å². The molecule has 0 unspecified atom stereocenters. The third kappa shape index (κ3) is 6.04. The number of hydrogen-bond acceptors (Lipinski definition) is 5. The van der Waals surface area contributed by atoms with Crippen LogP contribution in [0.2, 0.25) is 0 Å². The van der Waals surface area contributed by atoms with Gasteiger partial charge in [0.05, 0.1) is 29.8 Å². The van der Waals surface area contributed by atoms with Crippen LogP contribution >= 0.6 is 0 Å². The number of aryl methyl sites for hydroxylation is 1. The van der Waals surface area contributed by atoms with Gasteiger partial charge in [-0.3, -0.25) is 13.9 Å². The second-order valence-corrected chi connectivity index (χ2v) is 8.71. The molecule has 0 aromatic heterocycles. The van der Waals surface area contributed by atoms with Crippen LogP contribution in [0.3, 0.4) is 0 Å². The van der Waals surface area contributed by atoms with Gasteiger partial charge in [0.1, 0.15) is 6.04 Å². The Morgan fingerprint density at radius 2 is 1.73 bits per heavy atom. The lowest BCUT2D eigenvalue weighted by Gasteiger charge is -2.28. The van der Waals surface area contributed by atoms with Crippen LogP contribution in [0.5, 0.6) is 0 Å². The average molecular weight is 434 g/mol. The summed E-state index contributed by atoms with van der Waals surface area (Å²) in [5.41, 5.74) is 1.92. The highest BCUT2D eigenvalue weighted by molar-refractivity contribution is 7.92. The van der Waals surface area contributed by atoms with Gasteiger partial charge >= 0.3 is 0 Å². The SMILES string of the molecule is COCCNC(=O)c1ccccc1NC(=O)[C@H](C)N(c1ccc(C)cc1)S(C)(=O)=O. The number of nitrogens with one attached hydrogen (secondary N) is 2. The Hall–Kier alpha value is -2.91. The Kier molecular flexibility index (Phi) is 7.96. The van der Waals surface area contributed by atoms with Crippen molar-refractivity contribution in [1.29, 1.82) is 0 Å². The van der Waals surface area contributed by atoms with E-state index >= 15 is 0 Å². The zero-order valence-electron chi connectivity index (χ0n) is 17.5. The van der Waals surface area contributed by atoms with Crippen molar-refractivity contribution in [2.24, 2.45) is 0 Å². The number of benzene rings is 2. The maximum absolute atomic E-state index is 12.9. The Labute approximate surface area is 177 Å². The number of anilines is 2. The number of sulfonamides is 1. The van der Waals surface area contributed by atoms with Crippen molar-refractivity contribution < 1.29 is 22.7 Å². The van der Waals surface area contributed by atoms with Crippen molar-refractivity contribution in [3.05, 3.63) is 59.7 Å². The minimum Gasteiger partial charge on any atom is -0.383 e. The average Bonchev–Trinajstić information content (AvgIpc) is 2.69.